The minimum atomic E-state index is -0.852. The van der Waals surface area contributed by atoms with Crippen LogP contribution in [0, 0.1) is 11.3 Å². The maximum Gasteiger partial charge on any atom is 0.326 e. The number of carbonyl (C=O) groups is 2. The highest BCUT2D eigenvalue weighted by Crippen LogP contribution is 2.31. The Balaban J connectivity index is 3.30. The number of esters is 1. The number of ether oxygens (including phenoxy) is 1. The first kappa shape index (κ1) is 14.2. The van der Waals surface area contributed by atoms with Gasteiger partial charge in [0.15, 0.2) is 0 Å². The number of nitrogens with zero attached hydrogens (tertiary/aromatic N) is 1. The number of alkyl halides is 1. The molecule has 0 atom stereocenters. The van der Waals surface area contributed by atoms with Gasteiger partial charge in [0, 0.05) is 11.0 Å². The molecule has 0 aliphatic carbocycles. The summed E-state index contributed by atoms with van der Waals surface area (Å²) in [5.74, 6) is -0.637. The summed E-state index contributed by atoms with van der Waals surface area (Å²) >= 11 is 5.36. The predicted molar refractivity (Wildman–Crippen MR) is 66.6 cm³/mol. The van der Waals surface area contributed by atoms with Gasteiger partial charge in [-0.05, 0) is 32.0 Å². The van der Waals surface area contributed by atoms with E-state index in [1.54, 1.807) is 13.8 Å². The highest BCUT2D eigenvalue weighted by molar-refractivity contribution is 6.26. The first-order valence-electron chi connectivity index (χ1n) is 5.22. The number of hydrogen-bond acceptors (Lipinski definition) is 4. The second-order valence-corrected chi connectivity index (χ2v) is 4.54. The van der Waals surface area contributed by atoms with E-state index in [9.17, 15) is 9.59 Å². The Bertz CT molecular complexity index is 517. The third-order valence-corrected chi connectivity index (χ3v) is 2.65. The van der Waals surface area contributed by atoms with Crippen LogP contribution in [0.2, 0.25) is 0 Å². The molecule has 1 aromatic carbocycles. The number of rotatable bonds is 4. The summed E-state index contributed by atoms with van der Waals surface area (Å²) in [6.45, 7) is 3.35. The van der Waals surface area contributed by atoms with Crippen molar-refractivity contribution < 1.29 is 14.3 Å². The topological polar surface area (TPSA) is 67.2 Å². The zero-order valence-corrected chi connectivity index (χ0v) is 10.8. The molecule has 0 spiro atoms. The Kier molecular flexibility index (Phi) is 4.46. The molecular weight excluding hydrogens is 254 g/mol. The van der Waals surface area contributed by atoms with Crippen molar-refractivity contribution in [2.45, 2.75) is 19.3 Å². The van der Waals surface area contributed by atoms with Gasteiger partial charge >= 0.3 is 5.97 Å². The molecule has 0 radical (unpaired) electrons. The van der Waals surface area contributed by atoms with Gasteiger partial charge in [-0.1, -0.05) is 0 Å². The molecule has 0 saturated heterocycles. The van der Waals surface area contributed by atoms with Gasteiger partial charge in [-0.25, -0.2) is 0 Å². The summed E-state index contributed by atoms with van der Waals surface area (Å²) in [5.41, 5.74) is 0.0232. The fourth-order valence-corrected chi connectivity index (χ4v) is 1.46. The lowest BCUT2D eigenvalue weighted by Crippen LogP contribution is -2.21. The van der Waals surface area contributed by atoms with Crippen molar-refractivity contribution >= 4 is 23.9 Å². The summed E-state index contributed by atoms with van der Waals surface area (Å²) in [7, 11) is 0. The van der Waals surface area contributed by atoms with Crippen LogP contribution in [0.4, 0.5) is 0 Å². The molecule has 5 heteroatoms. The summed E-state index contributed by atoms with van der Waals surface area (Å²) < 4.78 is 5.04. The average molecular weight is 266 g/mol. The Labute approximate surface area is 110 Å². The van der Waals surface area contributed by atoms with Crippen LogP contribution in [0.3, 0.4) is 0 Å². The Morgan fingerprint density at radius 2 is 2.22 bits per heavy atom. The maximum absolute atomic E-state index is 11.2. The number of halogens is 1. The number of hydrogen-bond donors (Lipinski definition) is 0. The molecule has 0 amide bonds. The molecule has 0 aliphatic rings. The second kappa shape index (κ2) is 5.65. The minimum absolute atomic E-state index is 0.247. The molecule has 0 fully saturated rings. The quantitative estimate of drug-likeness (QED) is 0.362. The maximum atomic E-state index is 11.2. The third kappa shape index (κ3) is 3.08. The minimum Gasteiger partial charge on any atom is -0.425 e. The molecule has 0 saturated carbocycles. The largest absolute Gasteiger partial charge is 0.425 e. The summed E-state index contributed by atoms with van der Waals surface area (Å²) in [6, 6.07) is 6.51. The highest BCUT2D eigenvalue weighted by Gasteiger charge is 2.25. The zero-order valence-electron chi connectivity index (χ0n) is 10.1. The van der Waals surface area contributed by atoms with Crippen LogP contribution in [0.15, 0.2) is 18.2 Å². The zero-order chi connectivity index (χ0) is 13.8. The van der Waals surface area contributed by atoms with Gasteiger partial charge < -0.3 is 9.53 Å². The molecule has 18 heavy (non-hydrogen) atoms. The van der Waals surface area contributed by atoms with Crippen molar-refractivity contribution in [2.75, 3.05) is 5.88 Å². The Hall–Kier alpha value is -1.86. The van der Waals surface area contributed by atoms with Gasteiger partial charge in [0.05, 0.1) is 11.6 Å². The monoisotopic (exact) mass is 265 g/mol. The summed E-state index contributed by atoms with van der Waals surface area (Å²) in [6.07, 6.45) is 0.738. The van der Waals surface area contributed by atoms with Crippen LogP contribution in [-0.2, 0) is 15.0 Å². The average Bonchev–Trinajstić information content (AvgIpc) is 2.38. The standard InChI is InChI=1S/C13H12ClNO3/c1-13(2,8-16)10-5-9(7-15)3-4-11(10)18-12(17)6-14/h3-5,8H,6H2,1-2H3. The third-order valence-electron chi connectivity index (χ3n) is 2.43. The van der Waals surface area contributed by atoms with E-state index in [0.717, 1.165) is 6.29 Å². The molecule has 4 nitrogen and oxygen atoms in total. The molecule has 0 aromatic heterocycles. The van der Waals surface area contributed by atoms with Crippen LogP contribution in [-0.4, -0.2) is 18.1 Å². The van der Waals surface area contributed by atoms with Crippen LogP contribution in [0.5, 0.6) is 5.75 Å². The van der Waals surface area contributed by atoms with E-state index in [2.05, 4.69) is 0 Å². The van der Waals surface area contributed by atoms with Crippen molar-refractivity contribution in [2.24, 2.45) is 0 Å². The van der Waals surface area contributed by atoms with Crippen LogP contribution in [0.1, 0.15) is 25.0 Å². The fourth-order valence-electron chi connectivity index (χ4n) is 1.41. The molecule has 1 aromatic rings. The van der Waals surface area contributed by atoms with Gasteiger partial charge in [0.1, 0.15) is 17.9 Å². The molecule has 0 unspecified atom stereocenters. The van der Waals surface area contributed by atoms with Gasteiger partial charge in [-0.3, -0.25) is 4.79 Å². The van der Waals surface area contributed by atoms with Crippen molar-refractivity contribution in [1.82, 2.24) is 0 Å². The van der Waals surface area contributed by atoms with E-state index in [4.69, 9.17) is 21.6 Å². The van der Waals surface area contributed by atoms with Crippen molar-refractivity contribution in [1.29, 1.82) is 5.26 Å². The van der Waals surface area contributed by atoms with E-state index in [0.29, 0.717) is 11.1 Å². The molecule has 0 N–H and O–H groups in total. The second-order valence-electron chi connectivity index (χ2n) is 4.27. The molecule has 1 rings (SSSR count). The first-order valence-corrected chi connectivity index (χ1v) is 5.75. The highest BCUT2D eigenvalue weighted by atomic mass is 35.5. The van der Waals surface area contributed by atoms with E-state index < -0.39 is 11.4 Å². The first-order chi connectivity index (χ1) is 8.44. The number of carbonyl (C=O) groups excluding carboxylic acids is 2. The lowest BCUT2D eigenvalue weighted by atomic mass is 9.85. The molecule has 94 valence electrons. The van der Waals surface area contributed by atoms with Gasteiger partial charge in [0.2, 0.25) is 0 Å². The van der Waals surface area contributed by atoms with Gasteiger partial charge in [0.25, 0.3) is 0 Å². The van der Waals surface area contributed by atoms with Crippen LogP contribution >= 0.6 is 11.6 Å². The fraction of sp³-hybridized carbons (Fsp3) is 0.308. The lowest BCUT2D eigenvalue weighted by Gasteiger charge is -2.20. The molecule has 0 aliphatic heterocycles. The summed E-state index contributed by atoms with van der Waals surface area (Å²) in [5, 5.41) is 8.85. The summed E-state index contributed by atoms with van der Waals surface area (Å²) in [4.78, 5) is 22.3. The van der Waals surface area contributed by atoms with Gasteiger partial charge in [-0.2, -0.15) is 5.26 Å². The molecule has 0 heterocycles. The normalized spacial score (nSPS) is 10.6. The van der Waals surface area contributed by atoms with Gasteiger partial charge in [-0.15, -0.1) is 11.6 Å². The van der Waals surface area contributed by atoms with Crippen molar-refractivity contribution in [3.05, 3.63) is 29.3 Å². The van der Waals surface area contributed by atoms with Crippen molar-refractivity contribution in [3.63, 3.8) is 0 Å². The number of nitriles is 1. The lowest BCUT2D eigenvalue weighted by molar-refractivity contribution is -0.131. The van der Waals surface area contributed by atoms with E-state index in [1.807, 2.05) is 6.07 Å². The van der Waals surface area contributed by atoms with Crippen LogP contribution < -0.4 is 4.74 Å². The molecule has 0 bridgehead atoms. The van der Waals surface area contributed by atoms with Crippen molar-refractivity contribution in [3.8, 4) is 11.8 Å². The predicted octanol–water partition coefficient (Wildman–Crippen LogP) is 2.18. The van der Waals surface area contributed by atoms with E-state index >= 15 is 0 Å². The number of benzene rings is 1. The van der Waals surface area contributed by atoms with Crippen LogP contribution in [0.25, 0.3) is 0 Å². The smallest absolute Gasteiger partial charge is 0.326 e. The Morgan fingerprint density at radius 3 is 2.72 bits per heavy atom. The number of aldehydes is 1. The Morgan fingerprint density at radius 1 is 1.56 bits per heavy atom. The van der Waals surface area contributed by atoms with E-state index in [-0.39, 0.29) is 11.6 Å². The van der Waals surface area contributed by atoms with E-state index in [1.165, 1.54) is 18.2 Å². The molecular formula is C13H12ClNO3. The SMILES string of the molecule is CC(C)(C=O)c1cc(C#N)ccc1OC(=O)CCl.